The van der Waals surface area contributed by atoms with Crippen molar-refractivity contribution in [3.05, 3.63) is 68.8 Å². The van der Waals surface area contributed by atoms with Gasteiger partial charge < -0.3 is 19.2 Å². The first-order valence-electron chi connectivity index (χ1n) is 11.8. The number of nitrogens with zero attached hydrogens (tertiary/aromatic N) is 5. The zero-order chi connectivity index (χ0) is 25.8. The van der Waals surface area contributed by atoms with Crippen molar-refractivity contribution in [1.82, 2.24) is 14.9 Å². The Bertz CT molecular complexity index is 1360. The van der Waals surface area contributed by atoms with Crippen LogP contribution in [0.2, 0.25) is 5.02 Å². The average Bonchev–Trinajstić information content (AvgIpc) is 3.62. The average molecular weight is 538 g/mol. The van der Waals surface area contributed by atoms with Crippen LogP contribution in [0.4, 0.5) is 0 Å². The number of pyridine rings is 1. The number of ether oxygens (including phenoxy) is 2. The van der Waals surface area contributed by atoms with Gasteiger partial charge in [0.1, 0.15) is 5.71 Å². The molecule has 0 aliphatic carbocycles. The first kappa shape index (κ1) is 25.0. The van der Waals surface area contributed by atoms with Crippen molar-refractivity contribution in [2.24, 2.45) is 5.16 Å². The first-order valence-corrected chi connectivity index (χ1v) is 13.1. The Balaban J connectivity index is 1.15. The Hall–Kier alpha value is -3.68. The van der Waals surface area contributed by atoms with Crippen LogP contribution in [-0.2, 0) is 9.63 Å². The number of likely N-dealkylation sites (tertiary alicyclic amines) is 1. The van der Waals surface area contributed by atoms with E-state index in [2.05, 4.69) is 16.2 Å². The lowest BCUT2D eigenvalue weighted by molar-refractivity contribution is -0.134. The zero-order valence-corrected chi connectivity index (χ0v) is 21.7. The van der Waals surface area contributed by atoms with Crippen LogP contribution < -0.4 is 9.47 Å². The van der Waals surface area contributed by atoms with Crippen molar-refractivity contribution in [3.8, 4) is 17.7 Å². The fourth-order valence-corrected chi connectivity index (χ4v) is 5.79. The van der Waals surface area contributed by atoms with Gasteiger partial charge in [-0.05, 0) is 37.1 Å². The summed E-state index contributed by atoms with van der Waals surface area (Å²) in [5, 5.41) is 17.2. The molecule has 2 aromatic heterocycles. The van der Waals surface area contributed by atoms with Gasteiger partial charge in [0.2, 0.25) is 0 Å². The van der Waals surface area contributed by atoms with E-state index in [1.54, 1.807) is 47.9 Å². The van der Waals surface area contributed by atoms with Crippen molar-refractivity contribution in [2.75, 3.05) is 26.8 Å². The van der Waals surface area contributed by atoms with Gasteiger partial charge in [-0.25, -0.2) is 9.97 Å². The van der Waals surface area contributed by atoms with Crippen LogP contribution in [0.25, 0.3) is 0 Å². The predicted molar refractivity (Wildman–Crippen MR) is 138 cm³/mol. The summed E-state index contributed by atoms with van der Waals surface area (Å²) in [5.74, 6) is 0.996. The van der Waals surface area contributed by atoms with E-state index in [0.29, 0.717) is 47.3 Å². The van der Waals surface area contributed by atoms with E-state index in [1.807, 2.05) is 10.3 Å². The van der Waals surface area contributed by atoms with Crippen LogP contribution in [0, 0.1) is 11.3 Å². The zero-order valence-electron chi connectivity index (χ0n) is 20.1. The highest BCUT2D eigenvalue weighted by atomic mass is 35.5. The van der Waals surface area contributed by atoms with Gasteiger partial charge in [-0.15, -0.1) is 11.3 Å². The molecule has 4 heterocycles. The van der Waals surface area contributed by atoms with Gasteiger partial charge in [-0.3, -0.25) is 4.79 Å². The van der Waals surface area contributed by atoms with Crippen LogP contribution in [-0.4, -0.2) is 53.3 Å². The lowest BCUT2D eigenvalue weighted by Gasteiger charge is -2.31. The number of hydrogen-bond acceptors (Lipinski definition) is 9. The molecule has 0 bridgehead atoms. The van der Waals surface area contributed by atoms with Crippen molar-refractivity contribution in [1.29, 1.82) is 5.26 Å². The summed E-state index contributed by atoms with van der Waals surface area (Å²) in [4.78, 5) is 29.1. The smallest absolute Gasteiger partial charge is 0.260 e. The molecule has 1 saturated heterocycles. The molecule has 2 aliphatic heterocycles. The molecule has 0 spiro atoms. The van der Waals surface area contributed by atoms with Crippen molar-refractivity contribution < 1.29 is 19.1 Å². The van der Waals surface area contributed by atoms with Crippen molar-refractivity contribution >= 4 is 34.6 Å². The minimum absolute atomic E-state index is 0.0780. The summed E-state index contributed by atoms with van der Waals surface area (Å²) in [6, 6.07) is 10.9. The van der Waals surface area contributed by atoms with E-state index in [-0.39, 0.29) is 18.4 Å². The molecule has 9 nitrogen and oxygen atoms in total. The summed E-state index contributed by atoms with van der Waals surface area (Å²) in [6.07, 6.45) is 3.33. The van der Waals surface area contributed by atoms with E-state index < -0.39 is 6.10 Å². The molecule has 11 heteroatoms. The molecule has 2 aliphatic rings. The number of halogens is 1. The third-order valence-corrected chi connectivity index (χ3v) is 7.80. The molecule has 1 fully saturated rings. The number of aromatic nitrogens is 2. The fraction of sp³-hybridized carbons (Fsp3) is 0.346. The van der Waals surface area contributed by atoms with Crippen LogP contribution in [0.3, 0.4) is 0 Å². The number of methoxy groups -OCH3 is 1. The Kier molecular flexibility index (Phi) is 7.53. The van der Waals surface area contributed by atoms with E-state index in [1.165, 1.54) is 7.11 Å². The van der Waals surface area contributed by atoms with E-state index in [4.69, 9.17) is 30.9 Å². The molecule has 1 aromatic carbocycles. The van der Waals surface area contributed by atoms with E-state index in [9.17, 15) is 10.1 Å². The number of carbonyl (C=O) groups is 1. The van der Waals surface area contributed by atoms with Gasteiger partial charge in [0.15, 0.2) is 18.5 Å². The Morgan fingerprint density at radius 1 is 1.30 bits per heavy atom. The molecule has 1 atom stereocenters. The lowest BCUT2D eigenvalue weighted by Crippen LogP contribution is -2.40. The highest BCUT2D eigenvalue weighted by Gasteiger charge is 2.31. The second kappa shape index (κ2) is 11.2. The van der Waals surface area contributed by atoms with Gasteiger partial charge in [-0.1, -0.05) is 22.8 Å². The number of oxime groups is 1. The predicted octanol–water partition coefficient (Wildman–Crippen LogP) is 4.72. The number of hydrogen-bond donors (Lipinski definition) is 0. The second-order valence-corrected chi connectivity index (χ2v) is 9.97. The number of benzene rings is 1. The molecule has 0 radical (unpaired) electrons. The fourth-order valence-electron chi connectivity index (χ4n) is 4.49. The SMILES string of the molecule is COc1cccnc1OCC(=O)N1CCC(c2nc(C3=NOC(c4c(Cl)cccc4C#N)C3)cs2)CC1. The molecule has 37 heavy (non-hydrogen) atoms. The molecule has 190 valence electrons. The van der Waals surface area contributed by atoms with Gasteiger partial charge in [0.25, 0.3) is 11.8 Å². The summed E-state index contributed by atoms with van der Waals surface area (Å²) in [6.45, 7) is 1.19. The van der Waals surface area contributed by atoms with Gasteiger partial charge >= 0.3 is 0 Å². The van der Waals surface area contributed by atoms with E-state index in [0.717, 1.165) is 29.3 Å². The topological polar surface area (TPSA) is 110 Å². The molecule has 5 rings (SSSR count). The summed E-state index contributed by atoms with van der Waals surface area (Å²) in [5.41, 5.74) is 2.66. The standard InChI is InChI=1S/C26H24ClN5O4S/c1-34-21-6-3-9-29-25(21)35-14-23(33)32-10-7-16(8-11-32)26-30-20(15-37-26)19-12-22(36-31-19)24-17(13-28)4-2-5-18(24)27/h2-6,9,15-16,22H,7-8,10-12,14H2,1H3. The van der Waals surface area contributed by atoms with Crippen molar-refractivity contribution in [3.63, 3.8) is 0 Å². The maximum absolute atomic E-state index is 12.7. The normalized spacial score (nSPS) is 17.6. The minimum atomic E-state index is -0.411. The van der Waals surface area contributed by atoms with Gasteiger partial charge in [-0.2, -0.15) is 5.26 Å². The number of amides is 1. The van der Waals surface area contributed by atoms with Crippen LogP contribution in [0.5, 0.6) is 11.6 Å². The summed E-state index contributed by atoms with van der Waals surface area (Å²) >= 11 is 7.94. The molecule has 0 N–H and O–H groups in total. The Labute approximate surface area is 223 Å². The molecular weight excluding hydrogens is 514 g/mol. The number of carbonyl (C=O) groups excluding carboxylic acids is 1. The molecule has 3 aromatic rings. The second-order valence-electron chi connectivity index (χ2n) is 8.67. The maximum atomic E-state index is 12.7. The maximum Gasteiger partial charge on any atom is 0.260 e. The quantitative estimate of drug-likeness (QED) is 0.428. The molecule has 1 unspecified atom stereocenters. The third kappa shape index (κ3) is 5.38. The third-order valence-electron chi connectivity index (χ3n) is 6.47. The largest absolute Gasteiger partial charge is 0.491 e. The van der Waals surface area contributed by atoms with Crippen LogP contribution in [0.1, 0.15) is 53.1 Å². The van der Waals surface area contributed by atoms with E-state index >= 15 is 0 Å². The molecule has 1 amide bonds. The molecular formula is C26H24ClN5O4S. The monoisotopic (exact) mass is 537 g/mol. The number of thiazole rings is 1. The number of rotatable bonds is 7. The van der Waals surface area contributed by atoms with Crippen LogP contribution >= 0.6 is 22.9 Å². The van der Waals surface area contributed by atoms with Gasteiger partial charge in [0, 0.05) is 47.6 Å². The first-order chi connectivity index (χ1) is 18.1. The number of nitriles is 1. The van der Waals surface area contributed by atoms with Crippen molar-refractivity contribution in [2.45, 2.75) is 31.3 Å². The Morgan fingerprint density at radius 2 is 2.14 bits per heavy atom. The summed E-state index contributed by atoms with van der Waals surface area (Å²) < 4.78 is 10.8. The minimum Gasteiger partial charge on any atom is -0.491 e. The Morgan fingerprint density at radius 3 is 2.92 bits per heavy atom. The molecule has 0 saturated carbocycles. The van der Waals surface area contributed by atoms with Gasteiger partial charge in [0.05, 0.1) is 29.4 Å². The number of piperidine rings is 1. The lowest BCUT2D eigenvalue weighted by atomic mass is 9.97. The summed E-state index contributed by atoms with van der Waals surface area (Å²) in [7, 11) is 1.54. The highest BCUT2D eigenvalue weighted by molar-refractivity contribution is 7.10. The van der Waals surface area contributed by atoms with Crippen LogP contribution in [0.15, 0.2) is 47.1 Å². The highest BCUT2D eigenvalue weighted by Crippen LogP contribution is 2.37.